The summed E-state index contributed by atoms with van der Waals surface area (Å²) >= 11 is 0. The van der Waals surface area contributed by atoms with E-state index in [1.54, 1.807) is 0 Å². The van der Waals surface area contributed by atoms with Crippen LogP contribution in [0.1, 0.15) is 18.3 Å². The van der Waals surface area contributed by atoms with E-state index in [-0.39, 0.29) is 12.6 Å². The van der Waals surface area contributed by atoms with Crippen LogP contribution >= 0.6 is 0 Å². The van der Waals surface area contributed by atoms with Gasteiger partial charge in [-0.2, -0.15) is 0 Å². The number of nitrogens with zero attached hydrogens (tertiary/aromatic N) is 2. The van der Waals surface area contributed by atoms with E-state index in [0.717, 1.165) is 11.4 Å². The molecule has 0 radical (unpaired) electrons. The normalized spacial score (nSPS) is 12.6. The Balaban J connectivity index is 2.81. The molecule has 5 nitrogen and oxygen atoms in total. The Morgan fingerprint density at radius 1 is 1.57 bits per heavy atom. The zero-order chi connectivity index (χ0) is 10.6. The van der Waals surface area contributed by atoms with Crippen LogP contribution in [0, 0.1) is 6.92 Å². The molecule has 0 saturated heterocycles. The number of aromatic nitrogens is 2. The van der Waals surface area contributed by atoms with Crippen molar-refractivity contribution in [3.8, 4) is 0 Å². The first kappa shape index (κ1) is 10.9. The summed E-state index contributed by atoms with van der Waals surface area (Å²) in [4.78, 5) is 8.36. The van der Waals surface area contributed by atoms with Crippen molar-refractivity contribution in [2.24, 2.45) is 5.73 Å². The molecular weight excluding hydrogens is 180 g/mol. The first-order valence-corrected chi connectivity index (χ1v) is 4.57. The summed E-state index contributed by atoms with van der Waals surface area (Å²) in [5, 5.41) is 11.8. The van der Waals surface area contributed by atoms with E-state index in [1.807, 2.05) is 19.9 Å². The first-order valence-electron chi connectivity index (χ1n) is 4.57. The number of aliphatic hydroxyl groups excluding tert-OH is 1. The summed E-state index contributed by atoms with van der Waals surface area (Å²) < 4.78 is 0. The van der Waals surface area contributed by atoms with E-state index in [9.17, 15) is 0 Å². The van der Waals surface area contributed by atoms with Crippen LogP contribution in [-0.4, -0.2) is 27.7 Å². The fraction of sp³-hybridized carbons (Fsp3) is 0.556. The van der Waals surface area contributed by atoms with Gasteiger partial charge < -0.3 is 16.2 Å². The largest absolute Gasteiger partial charge is 0.394 e. The van der Waals surface area contributed by atoms with Crippen LogP contribution in [0.4, 0.5) is 5.95 Å². The van der Waals surface area contributed by atoms with Crippen molar-refractivity contribution >= 4 is 5.95 Å². The lowest BCUT2D eigenvalue weighted by molar-refractivity contribution is 0.281. The third-order valence-electron chi connectivity index (χ3n) is 1.77. The van der Waals surface area contributed by atoms with Crippen molar-refractivity contribution in [2.45, 2.75) is 26.4 Å². The summed E-state index contributed by atoms with van der Waals surface area (Å²) in [6, 6.07) is 1.79. The smallest absolute Gasteiger partial charge is 0.223 e. The van der Waals surface area contributed by atoms with Crippen molar-refractivity contribution in [2.75, 3.05) is 11.9 Å². The lowest BCUT2D eigenvalue weighted by Crippen LogP contribution is -2.21. The lowest BCUT2D eigenvalue weighted by Gasteiger charge is -2.11. The van der Waals surface area contributed by atoms with Gasteiger partial charge in [-0.05, 0) is 19.9 Å². The van der Waals surface area contributed by atoms with Gasteiger partial charge in [-0.1, -0.05) is 0 Å². The van der Waals surface area contributed by atoms with Crippen molar-refractivity contribution in [3.05, 3.63) is 17.5 Å². The van der Waals surface area contributed by atoms with Crippen LogP contribution in [0.3, 0.4) is 0 Å². The summed E-state index contributed by atoms with van der Waals surface area (Å²) in [6.45, 7) is 4.18. The molecule has 0 amide bonds. The molecule has 1 heterocycles. The van der Waals surface area contributed by atoms with Crippen LogP contribution in [0.25, 0.3) is 0 Å². The number of nitrogens with one attached hydrogen (secondary N) is 1. The van der Waals surface area contributed by atoms with Gasteiger partial charge in [0, 0.05) is 18.3 Å². The molecular formula is C9H16N4O. The number of aliphatic hydroxyl groups is 1. The van der Waals surface area contributed by atoms with Crippen molar-refractivity contribution < 1.29 is 5.11 Å². The summed E-state index contributed by atoms with van der Waals surface area (Å²) in [5.74, 6) is 0.520. The molecule has 0 aromatic carbocycles. The fourth-order valence-corrected chi connectivity index (χ4v) is 1.07. The number of anilines is 1. The summed E-state index contributed by atoms with van der Waals surface area (Å²) in [7, 11) is 0. The van der Waals surface area contributed by atoms with Gasteiger partial charge in [-0.3, -0.25) is 0 Å². The Labute approximate surface area is 83.4 Å². The van der Waals surface area contributed by atoms with Crippen LogP contribution in [-0.2, 0) is 6.54 Å². The number of rotatable bonds is 4. The molecule has 0 aliphatic heterocycles. The van der Waals surface area contributed by atoms with Gasteiger partial charge in [0.15, 0.2) is 0 Å². The minimum absolute atomic E-state index is 0.0509. The molecule has 4 N–H and O–H groups in total. The Kier molecular flexibility index (Phi) is 3.79. The first-order chi connectivity index (χ1) is 6.65. The summed E-state index contributed by atoms with van der Waals surface area (Å²) in [6.07, 6.45) is 0. The second kappa shape index (κ2) is 4.88. The molecule has 0 aliphatic carbocycles. The maximum atomic E-state index is 8.85. The van der Waals surface area contributed by atoms with Crippen molar-refractivity contribution in [1.29, 1.82) is 0 Å². The highest BCUT2D eigenvalue weighted by atomic mass is 16.3. The molecule has 78 valence electrons. The molecule has 0 spiro atoms. The molecule has 5 heteroatoms. The van der Waals surface area contributed by atoms with E-state index in [2.05, 4.69) is 15.3 Å². The highest BCUT2D eigenvalue weighted by Crippen LogP contribution is 2.05. The van der Waals surface area contributed by atoms with E-state index in [0.29, 0.717) is 12.5 Å². The highest BCUT2D eigenvalue weighted by Gasteiger charge is 2.04. The monoisotopic (exact) mass is 196 g/mol. The van der Waals surface area contributed by atoms with Gasteiger partial charge in [0.2, 0.25) is 5.95 Å². The SMILES string of the molecule is Cc1cc(CN)nc(NC(C)CO)n1. The second-order valence-electron chi connectivity index (χ2n) is 3.26. The number of aryl methyl sites for hydroxylation is 1. The molecule has 1 rings (SSSR count). The zero-order valence-corrected chi connectivity index (χ0v) is 8.49. The Bertz CT molecular complexity index is 303. The fourth-order valence-electron chi connectivity index (χ4n) is 1.07. The van der Waals surface area contributed by atoms with Gasteiger partial charge in [0.1, 0.15) is 0 Å². The Morgan fingerprint density at radius 2 is 2.29 bits per heavy atom. The molecule has 0 saturated carbocycles. The Hall–Kier alpha value is -1.20. The van der Waals surface area contributed by atoms with Gasteiger partial charge in [0.25, 0.3) is 0 Å². The van der Waals surface area contributed by atoms with Crippen LogP contribution in [0.15, 0.2) is 6.07 Å². The average molecular weight is 196 g/mol. The van der Waals surface area contributed by atoms with Crippen molar-refractivity contribution in [3.63, 3.8) is 0 Å². The molecule has 0 fully saturated rings. The Morgan fingerprint density at radius 3 is 2.86 bits per heavy atom. The topological polar surface area (TPSA) is 84.1 Å². The zero-order valence-electron chi connectivity index (χ0n) is 8.49. The molecule has 14 heavy (non-hydrogen) atoms. The average Bonchev–Trinajstić information content (AvgIpc) is 2.16. The number of hydrogen-bond acceptors (Lipinski definition) is 5. The molecule has 1 atom stereocenters. The van der Waals surface area contributed by atoms with Crippen molar-refractivity contribution in [1.82, 2.24) is 9.97 Å². The van der Waals surface area contributed by atoms with E-state index < -0.39 is 0 Å². The van der Waals surface area contributed by atoms with Crippen LogP contribution in [0.5, 0.6) is 0 Å². The van der Waals surface area contributed by atoms with Crippen LogP contribution < -0.4 is 11.1 Å². The predicted molar refractivity (Wildman–Crippen MR) is 54.8 cm³/mol. The molecule has 1 aromatic heterocycles. The molecule has 0 bridgehead atoms. The van der Waals surface area contributed by atoms with Crippen LogP contribution in [0.2, 0.25) is 0 Å². The minimum atomic E-state index is -0.0533. The van der Waals surface area contributed by atoms with E-state index >= 15 is 0 Å². The third-order valence-corrected chi connectivity index (χ3v) is 1.77. The molecule has 1 aromatic rings. The highest BCUT2D eigenvalue weighted by molar-refractivity contribution is 5.29. The van der Waals surface area contributed by atoms with E-state index in [4.69, 9.17) is 10.8 Å². The van der Waals surface area contributed by atoms with Gasteiger partial charge >= 0.3 is 0 Å². The quantitative estimate of drug-likeness (QED) is 0.633. The lowest BCUT2D eigenvalue weighted by atomic mass is 10.3. The maximum Gasteiger partial charge on any atom is 0.223 e. The minimum Gasteiger partial charge on any atom is -0.394 e. The number of nitrogens with two attached hydrogens (primary N) is 1. The van der Waals surface area contributed by atoms with E-state index in [1.165, 1.54) is 0 Å². The third kappa shape index (κ3) is 2.93. The van der Waals surface area contributed by atoms with Gasteiger partial charge in [-0.25, -0.2) is 9.97 Å². The van der Waals surface area contributed by atoms with Gasteiger partial charge in [0.05, 0.1) is 12.3 Å². The summed E-state index contributed by atoms with van der Waals surface area (Å²) in [5.41, 5.74) is 7.15. The van der Waals surface area contributed by atoms with Gasteiger partial charge in [-0.15, -0.1) is 0 Å². The predicted octanol–water partition coefficient (Wildman–Crippen LogP) is 0.0364. The second-order valence-corrected chi connectivity index (χ2v) is 3.26. The molecule has 1 unspecified atom stereocenters. The number of hydrogen-bond donors (Lipinski definition) is 3. The standard InChI is InChI=1S/C9H16N4O/c1-6-3-8(4-10)13-9(11-6)12-7(2)5-14/h3,7,14H,4-5,10H2,1-2H3,(H,11,12,13). The molecule has 0 aliphatic rings. The maximum absolute atomic E-state index is 8.85.